The Kier molecular flexibility index (Phi) is 1.08. The van der Waals surface area contributed by atoms with E-state index >= 15 is 0 Å². The Balaban J connectivity index is 2.96. The number of hydrogen-bond acceptors (Lipinski definition) is 4. The first-order valence-corrected chi connectivity index (χ1v) is 2.31. The van der Waals surface area contributed by atoms with Crippen LogP contribution in [0.5, 0.6) is 0 Å². The van der Waals surface area contributed by atoms with Crippen LogP contribution in [-0.2, 0) is 4.57 Å². The normalized spacial score (nSPS) is 9.71. The molecule has 1 aromatic heterocycles. The van der Waals surface area contributed by atoms with Crippen LogP contribution in [0.15, 0.2) is 0 Å². The quantitative estimate of drug-likeness (QED) is 0.483. The van der Waals surface area contributed by atoms with Crippen LogP contribution in [0, 0.1) is 0 Å². The number of rotatable bonds is 1. The van der Waals surface area contributed by atoms with Crippen molar-refractivity contribution >= 4 is 14.0 Å². The van der Waals surface area contributed by atoms with Crippen molar-refractivity contribution in [1.29, 1.82) is 0 Å². The highest BCUT2D eigenvalue weighted by Gasteiger charge is 1.89. The van der Waals surface area contributed by atoms with E-state index in [4.69, 9.17) is 0 Å². The van der Waals surface area contributed by atoms with Crippen LogP contribution >= 0.6 is 8.46 Å². The number of nitrogens with zero attached hydrogens (tertiary/aromatic N) is 3. The molecule has 5 nitrogen and oxygen atoms in total. The predicted octanol–water partition coefficient (Wildman–Crippen LogP) is -0.883. The third kappa shape index (κ3) is 0.778. The van der Waals surface area contributed by atoms with Gasteiger partial charge in [-0.1, -0.05) is 0 Å². The van der Waals surface area contributed by atoms with Gasteiger partial charge in [-0.3, -0.25) is 4.57 Å². The highest BCUT2D eigenvalue weighted by atomic mass is 31.1. The zero-order valence-corrected chi connectivity index (χ0v) is 4.09. The first-order valence-electron chi connectivity index (χ1n) is 1.50. The summed E-state index contributed by atoms with van der Waals surface area (Å²) < 4.78 is 9.78. The number of tetrazole rings is 1. The fraction of sp³-hybridized carbons (Fsp3) is 0. The van der Waals surface area contributed by atoms with E-state index in [1.165, 1.54) is 0 Å². The van der Waals surface area contributed by atoms with Gasteiger partial charge in [0.1, 0.15) is 0 Å². The first-order chi connectivity index (χ1) is 3.43. The molecule has 0 saturated heterocycles. The lowest BCUT2D eigenvalue weighted by Crippen LogP contribution is -1.94. The molecule has 7 heavy (non-hydrogen) atoms. The van der Waals surface area contributed by atoms with Gasteiger partial charge in [-0.15, -0.1) is 10.2 Å². The Labute approximate surface area is 40.3 Å². The summed E-state index contributed by atoms with van der Waals surface area (Å²) in [7, 11) is -0.201. The molecule has 36 valence electrons. The Morgan fingerprint density at radius 3 is 2.86 bits per heavy atom. The molecule has 0 saturated carbocycles. The van der Waals surface area contributed by atoms with Gasteiger partial charge in [-0.2, -0.15) is 5.21 Å². The second-order valence-electron chi connectivity index (χ2n) is 0.803. The lowest BCUT2D eigenvalue weighted by Gasteiger charge is -1.58. The summed E-state index contributed by atoms with van der Waals surface area (Å²) in [6.45, 7) is 0. The summed E-state index contributed by atoms with van der Waals surface area (Å²) in [4.78, 5) is 0. The molecule has 1 rings (SSSR count). The molecule has 0 aliphatic heterocycles. The molecule has 0 aromatic carbocycles. The van der Waals surface area contributed by atoms with Gasteiger partial charge in [-0.05, 0) is 5.21 Å². The Morgan fingerprint density at radius 2 is 2.57 bits per heavy atom. The molecule has 1 N–H and O–H groups in total. The summed E-state index contributed by atoms with van der Waals surface area (Å²) in [5, 5.41) is 12.0. The zero-order chi connectivity index (χ0) is 5.11. The molecule has 0 atom stereocenters. The minimum atomic E-state index is -0.201. The monoisotopic (exact) mass is 116 g/mol. The number of nitrogens with one attached hydrogen (secondary N) is 1. The number of aromatic amines is 1. The van der Waals surface area contributed by atoms with E-state index in [0.29, 0.717) is 0 Å². The molecule has 6 heteroatoms. The van der Waals surface area contributed by atoms with Gasteiger partial charge in [0.05, 0.1) is 0 Å². The van der Waals surface area contributed by atoms with Crippen LogP contribution in [0.1, 0.15) is 0 Å². The van der Waals surface area contributed by atoms with Gasteiger partial charge in [0.15, 0.2) is 0 Å². The lowest BCUT2D eigenvalue weighted by molar-refractivity contribution is 0.602. The zero-order valence-electron chi connectivity index (χ0n) is 3.20. The summed E-state index contributed by atoms with van der Waals surface area (Å²) in [6.07, 6.45) is 0. The van der Waals surface area contributed by atoms with Crippen molar-refractivity contribution in [3.8, 4) is 0 Å². The fourth-order valence-corrected chi connectivity index (χ4v) is 0.362. The molecular formula is CHN4OP. The Morgan fingerprint density at radius 1 is 1.71 bits per heavy atom. The molecule has 0 amide bonds. The minimum Gasteiger partial charge on any atom is -0.266 e. The second-order valence-corrected chi connectivity index (χ2v) is 1.39. The smallest absolute Gasteiger partial charge is 0.264 e. The van der Waals surface area contributed by atoms with E-state index < -0.39 is 0 Å². The van der Waals surface area contributed by atoms with Crippen molar-refractivity contribution in [3.63, 3.8) is 0 Å². The maximum atomic E-state index is 9.78. The molecule has 0 unspecified atom stereocenters. The number of H-pyrrole nitrogens is 1. The van der Waals surface area contributed by atoms with Crippen LogP contribution in [0.3, 0.4) is 0 Å². The standard InChI is InChI=1S/CHN4OP/c6-7-1-2-4-5-3-1/h(H,2,3,4,5). The van der Waals surface area contributed by atoms with Crippen molar-refractivity contribution in [2.75, 3.05) is 0 Å². The minimum absolute atomic E-state index is 0.181. The lowest BCUT2D eigenvalue weighted by atomic mass is 11.4. The van der Waals surface area contributed by atoms with E-state index in [-0.39, 0.29) is 14.0 Å². The van der Waals surface area contributed by atoms with E-state index in [1.807, 2.05) is 0 Å². The average Bonchev–Trinajstić information content (AvgIpc) is 2.14. The largest absolute Gasteiger partial charge is 0.266 e. The topological polar surface area (TPSA) is 71.5 Å². The Bertz CT molecular complexity index is 147. The van der Waals surface area contributed by atoms with Crippen molar-refractivity contribution in [1.82, 2.24) is 20.6 Å². The van der Waals surface area contributed by atoms with Crippen molar-refractivity contribution in [3.05, 3.63) is 0 Å². The van der Waals surface area contributed by atoms with Gasteiger partial charge in [-0.25, -0.2) is 0 Å². The third-order valence-corrected chi connectivity index (χ3v) is 0.769. The second kappa shape index (κ2) is 1.75. The van der Waals surface area contributed by atoms with E-state index in [2.05, 4.69) is 20.6 Å². The number of hydrogen-bond donors (Lipinski definition) is 1. The van der Waals surface area contributed by atoms with Gasteiger partial charge < -0.3 is 0 Å². The van der Waals surface area contributed by atoms with Crippen LogP contribution in [-0.4, -0.2) is 20.6 Å². The molecule has 0 spiro atoms. The molecule has 1 heterocycles. The van der Waals surface area contributed by atoms with Crippen LogP contribution in [0.25, 0.3) is 0 Å². The summed E-state index contributed by atoms with van der Waals surface area (Å²) in [5.41, 5.74) is 0.181. The molecular weight excluding hydrogens is 115 g/mol. The molecule has 0 bridgehead atoms. The van der Waals surface area contributed by atoms with Gasteiger partial charge >= 0.3 is 0 Å². The van der Waals surface area contributed by atoms with Crippen molar-refractivity contribution in [2.24, 2.45) is 0 Å². The highest BCUT2D eigenvalue weighted by Crippen LogP contribution is 1.79. The van der Waals surface area contributed by atoms with Crippen molar-refractivity contribution < 1.29 is 4.57 Å². The van der Waals surface area contributed by atoms with Gasteiger partial charge in [0, 0.05) is 0 Å². The van der Waals surface area contributed by atoms with E-state index in [1.54, 1.807) is 0 Å². The van der Waals surface area contributed by atoms with Crippen LogP contribution in [0.2, 0.25) is 0 Å². The molecule has 0 fully saturated rings. The van der Waals surface area contributed by atoms with E-state index in [9.17, 15) is 4.57 Å². The molecule has 0 aliphatic carbocycles. The van der Waals surface area contributed by atoms with Crippen LogP contribution in [0.4, 0.5) is 0 Å². The SMILES string of the molecule is O=Pc1nn[nH]n1. The maximum absolute atomic E-state index is 9.78. The molecule has 1 aromatic rings. The molecule has 0 radical (unpaired) electrons. The summed E-state index contributed by atoms with van der Waals surface area (Å²) in [5.74, 6) is 0. The summed E-state index contributed by atoms with van der Waals surface area (Å²) >= 11 is 0. The average molecular weight is 116 g/mol. The molecule has 0 aliphatic rings. The number of aromatic nitrogens is 4. The third-order valence-electron chi connectivity index (χ3n) is 0.416. The Hall–Kier alpha value is -0.830. The first kappa shape index (κ1) is 4.33. The summed E-state index contributed by atoms with van der Waals surface area (Å²) in [6, 6.07) is 0. The van der Waals surface area contributed by atoms with Gasteiger partial charge in [0.25, 0.3) is 5.57 Å². The predicted molar refractivity (Wildman–Crippen MR) is 21.4 cm³/mol. The van der Waals surface area contributed by atoms with Crippen LogP contribution < -0.4 is 5.57 Å². The fourth-order valence-electron chi connectivity index (χ4n) is 0.195. The van der Waals surface area contributed by atoms with Crippen molar-refractivity contribution in [2.45, 2.75) is 0 Å². The highest BCUT2D eigenvalue weighted by molar-refractivity contribution is 7.33. The van der Waals surface area contributed by atoms with Gasteiger partial charge in [0.2, 0.25) is 8.46 Å². The van der Waals surface area contributed by atoms with E-state index in [0.717, 1.165) is 0 Å². The maximum Gasteiger partial charge on any atom is 0.264 e.